The maximum absolute atomic E-state index is 12.8. The van der Waals surface area contributed by atoms with Crippen molar-refractivity contribution < 1.29 is 12.8 Å². The Morgan fingerprint density at radius 3 is 2.25 bits per heavy atom. The van der Waals surface area contributed by atoms with Gasteiger partial charge in [0.05, 0.1) is 21.3 Å². The van der Waals surface area contributed by atoms with Crippen LogP contribution in [-0.4, -0.2) is 8.42 Å². The first-order chi connectivity index (χ1) is 9.29. The van der Waals surface area contributed by atoms with Crippen molar-refractivity contribution in [1.29, 1.82) is 0 Å². The molecule has 0 heterocycles. The van der Waals surface area contributed by atoms with Crippen LogP contribution in [0.4, 0.5) is 15.8 Å². The molecule has 0 radical (unpaired) electrons. The molecule has 0 amide bonds. The second kappa shape index (κ2) is 5.47. The third kappa shape index (κ3) is 3.15. The first kappa shape index (κ1) is 14.9. The normalized spacial score (nSPS) is 11.3. The molecule has 8 heteroatoms. The van der Waals surface area contributed by atoms with Crippen LogP contribution in [-0.2, 0) is 10.0 Å². The summed E-state index contributed by atoms with van der Waals surface area (Å²) in [4.78, 5) is -0.107. The second-order valence-corrected chi connectivity index (χ2v) is 6.44. The van der Waals surface area contributed by atoms with Gasteiger partial charge in [0.15, 0.2) is 0 Å². The largest absolute Gasteiger partial charge is 0.397 e. The van der Waals surface area contributed by atoms with Crippen molar-refractivity contribution in [1.82, 2.24) is 0 Å². The van der Waals surface area contributed by atoms with E-state index in [1.165, 1.54) is 12.1 Å². The van der Waals surface area contributed by atoms with E-state index in [4.69, 9.17) is 28.9 Å². The Labute approximate surface area is 125 Å². The van der Waals surface area contributed by atoms with Gasteiger partial charge in [-0.3, -0.25) is 4.72 Å². The monoisotopic (exact) mass is 334 g/mol. The summed E-state index contributed by atoms with van der Waals surface area (Å²) in [5.74, 6) is -0.534. The van der Waals surface area contributed by atoms with E-state index in [9.17, 15) is 12.8 Å². The Morgan fingerprint density at radius 2 is 1.70 bits per heavy atom. The second-order valence-electron chi connectivity index (χ2n) is 3.91. The van der Waals surface area contributed by atoms with E-state index >= 15 is 0 Å². The highest BCUT2D eigenvalue weighted by Crippen LogP contribution is 2.33. The molecule has 0 saturated carbocycles. The smallest absolute Gasteiger partial charge is 0.262 e. The average molecular weight is 335 g/mol. The number of nitrogens with one attached hydrogen (secondary N) is 1. The zero-order valence-corrected chi connectivity index (χ0v) is 12.2. The van der Waals surface area contributed by atoms with E-state index in [1.807, 2.05) is 0 Å². The van der Waals surface area contributed by atoms with Crippen LogP contribution in [0.2, 0.25) is 10.0 Å². The summed E-state index contributed by atoms with van der Waals surface area (Å²) < 4.78 is 39.3. The number of anilines is 2. The van der Waals surface area contributed by atoms with Crippen molar-refractivity contribution in [3.63, 3.8) is 0 Å². The zero-order valence-electron chi connectivity index (χ0n) is 9.90. The molecule has 0 fully saturated rings. The number of hydrogen-bond acceptors (Lipinski definition) is 3. The van der Waals surface area contributed by atoms with E-state index in [1.54, 1.807) is 0 Å². The highest BCUT2D eigenvalue weighted by molar-refractivity contribution is 7.92. The molecule has 0 spiro atoms. The van der Waals surface area contributed by atoms with Gasteiger partial charge in [0.2, 0.25) is 0 Å². The molecule has 106 valence electrons. The maximum Gasteiger partial charge on any atom is 0.262 e. The van der Waals surface area contributed by atoms with Crippen molar-refractivity contribution >= 4 is 44.6 Å². The fourth-order valence-corrected chi connectivity index (χ4v) is 3.23. The molecule has 0 saturated heterocycles. The molecule has 0 unspecified atom stereocenters. The number of sulfonamides is 1. The van der Waals surface area contributed by atoms with Crippen LogP contribution in [0.15, 0.2) is 41.3 Å². The molecule has 0 aliphatic heterocycles. The third-order valence-corrected chi connectivity index (χ3v) is 4.33. The minimum Gasteiger partial charge on any atom is -0.397 e. The Hall–Kier alpha value is -1.50. The number of nitrogen functional groups attached to an aromatic ring is 1. The number of nitrogens with two attached hydrogens (primary N) is 1. The Balaban J connectivity index is 2.41. The summed E-state index contributed by atoms with van der Waals surface area (Å²) >= 11 is 11.6. The van der Waals surface area contributed by atoms with Crippen molar-refractivity contribution in [2.75, 3.05) is 10.5 Å². The quantitative estimate of drug-likeness (QED) is 0.843. The van der Waals surface area contributed by atoms with Crippen LogP contribution >= 0.6 is 23.2 Å². The van der Waals surface area contributed by atoms with E-state index in [2.05, 4.69) is 4.72 Å². The van der Waals surface area contributed by atoms with Gasteiger partial charge in [-0.15, -0.1) is 0 Å². The Kier molecular flexibility index (Phi) is 4.08. The van der Waals surface area contributed by atoms with Crippen LogP contribution in [0.25, 0.3) is 0 Å². The molecule has 0 atom stereocenters. The minimum absolute atomic E-state index is 0.0281. The van der Waals surface area contributed by atoms with Crippen LogP contribution in [0, 0.1) is 5.82 Å². The predicted octanol–water partition coefficient (Wildman–Crippen LogP) is 3.52. The summed E-state index contributed by atoms with van der Waals surface area (Å²) in [6.07, 6.45) is 0. The lowest BCUT2D eigenvalue weighted by Crippen LogP contribution is -2.14. The third-order valence-electron chi connectivity index (χ3n) is 2.45. The number of rotatable bonds is 3. The SMILES string of the molecule is Nc1cc(Cl)cc(Cl)c1NS(=O)(=O)c1ccc(F)cc1. The molecular formula is C12H9Cl2FN2O2S. The lowest BCUT2D eigenvalue weighted by atomic mass is 10.3. The molecular weight excluding hydrogens is 326 g/mol. The van der Waals surface area contributed by atoms with Crippen LogP contribution in [0.3, 0.4) is 0 Å². The van der Waals surface area contributed by atoms with Crippen molar-refractivity contribution in [3.8, 4) is 0 Å². The van der Waals surface area contributed by atoms with Gasteiger partial charge >= 0.3 is 0 Å². The summed E-state index contributed by atoms with van der Waals surface area (Å²) in [5.41, 5.74) is 5.79. The van der Waals surface area contributed by atoms with Crippen LogP contribution in [0.1, 0.15) is 0 Å². The fraction of sp³-hybridized carbons (Fsp3) is 0. The van der Waals surface area contributed by atoms with E-state index in [-0.39, 0.29) is 26.3 Å². The topological polar surface area (TPSA) is 72.2 Å². The molecule has 0 aliphatic carbocycles. The molecule has 4 nitrogen and oxygen atoms in total. The van der Waals surface area contributed by atoms with Gasteiger partial charge in [0.1, 0.15) is 5.82 Å². The van der Waals surface area contributed by atoms with Crippen molar-refractivity contribution in [2.45, 2.75) is 4.90 Å². The Morgan fingerprint density at radius 1 is 1.10 bits per heavy atom. The standard InChI is InChI=1S/C12H9Cl2FN2O2S/c13-7-5-10(14)12(11(16)6-7)17-20(18,19)9-3-1-8(15)2-4-9/h1-6,17H,16H2. The molecule has 3 N–H and O–H groups in total. The fourth-order valence-electron chi connectivity index (χ4n) is 1.51. The predicted molar refractivity (Wildman–Crippen MR) is 78.1 cm³/mol. The summed E-state index contributed by atoms with van der Waals surface area (Å²) in [7, 11) is -3.91. The van der Waals surface area contributed by atoms with E-state index in [0.717, 1.165) is 24.3 Å². The molecule has 2 aromatic rings. The molecule has 2 aromatic carbocycles. The molecule has 20 heavy (non-hydrogen) atoms. The van der Waals surface area contributed by atoms with Crippen LogP contribution < -0.4 is 10.5 Å². The van der Waals surface area contributed by atoms with E-state index < -0.39 is 15.8 Å². The minimum atomic E-state index is -3.91. The highest BCUT2D eigenvalue weighted by atomic mass is 35.5. The number of halogens is 3. The van der Waals surface area contributed by atoms with Gasteiger partial charge < -0.3 is 5.73 Å². The number of benzene rings is 2. The zero-order chi connectivity index (χ0) is 14.9. The molecule has 2 rings (SSSR count). The van der Waals surface area contributed by atoms with Gasteiger partial charge in [0.25, 0.3) is 10.0 Å². The lowest BCUT2D eigenvalue weighted by molar-refractivity contribution is 0.599. The first-order valence-corrected chi connectivity index (χ1v) is 7.56. The van der Waals surface area contributed by atoms with Gasteiger partial charge in [-0.1, -0.05) is 23.2 Å². The van der Waals surface area contributed by atoms with Crippen molar-refractivity contribution in [2.24, 2.45) is 0 Å². The molecule has 0 aliphatic rings. The molecule has 0 aromatic heterocycles. The Bertz CT molecular complexity index is 726. The summed E-state index contributed by atoms with van der Waals surface area (Å²) in [6, 6.07) is 7.09. The van der Waals surface area contributed by atoms with Gasteiger partial charge in [-0.25, -0.2) is 12.8 Å². The molecule has 0 bridgehead atoms. The van der Waals surface area contributed by atoms with Gasteiger partial charge in [-0.2, -0.15) is 0 Å². The highest BCUT2D eigenvalue weighted by Gasteiger charge is 2.18. The summed E-state index contributed by atoms with van der Waals surface area (Å²) in [5, 5.41) is 0.359. The van der Waals surface area contributed by atoms with Crippen LogP contribution in [0.5, 0.6) is 0 Å². The summed E-state index contributed by atoms with van der Waals surface area (Å²) in [6.45, 7) is 0. The van der Waals surface area contributed by atoms with Gasteiger partial charge in [0, 0.05) is 5.02 Å². The van der Waals surface area contributed by atoms with Crippen molar-refractivity contribution in [3.05, 3.63) is 52.3 Å². The van der Waals surface area contributed by atoms with E-state index in [0.29, 0.717) is 0 Å². The van der Waals surface area contributed by atoms with Gasteiger partial charge in [-0.05, 0) is 36.4 Å². The lowest BCUT2D eigenvalue weighted by Gasteiger charge is -2.12. The first-order valence-electron chi connectivity index (χ1n) is 5.32. The number of hydrogen-bond donors (Lipinski definition) is 2. The average Bonchev–Trinajstić information content (AvgIpc) is 2.34. The maximum atomic E-state index is 12.8.